The van der Waals surface area contributed by atoms with Gasteiger partial charge in [-0.1, -0.05) is 41.9 Å². The number of rotatable bonds is 10. The van der Waals surface area contributed by atoms with Gasteiger partial charge < -0.3 is 9.64 Å². The van der Waals surface area contributed by atoms with Crippen molar-refractivity contribution in [3.63, 3.8) is 0 Å². The number of benzene rings is 2. The van der Waals surface area contributed by atoms with Gasteiger partial charge in [-0.2, -0.15) is 0 Å². The van der Waals surface area contributed by atoms with Gasteiger partial charge in [-0.05, 0) is 18.1 Å². The molecule has 1 unspecified atom stereocenters. The fourth-order valence-electron chi connectivity index (χ4n) is 3.94. The van der Waals surface area contributed by atoms with Crippen LogP contribution < -0.4 is 9.62 Å². The first-order valence-corrected chi connectivity index (χ1v) is 13.6. The molecule has 1 atom stereocenters. The van der Waals surface area contributed by atoms with Crippen molar-refractivity contribution in [1.82, 2.24) is 9.88 Å². The Hall–Kier alpha value is -2.24. The second kappa shape index (κ2) is 11.0. The first kappa shape index (κ1) is 24.9. The summed E-state index contributed by atoms with van der Waals surface area (Å²) in [7, 11) is -2.30. The third kappa shape index (κ3) is 6.05. The number of halogens is 2. The van der Waals surface area contributed by atoms with Gasteiger partial charge in [-0.15, -0.1) is 11.3 Å². The SMILES string of the molecule is CN(c1cc(F)c(S(=O)(=O)Nc2cscn2)cc1Cl)C1CCN(CCOCc2ccccc2)C1. The van der Waals surface area contributed by atoms with Gasteiger partial charge >= 0.3 is 0 Å². The van der Waals surface area contributed by atoms with Crippen LogP contribution in [0.4, 0.5) is 15.9 Å². The Morgan fingerprint density at radius 1 is 1.32 bits per heavy atom. The number of nitrogens with one attached hydrogen (secondary N) is 1. The highest BCUT2D eigenvalue weighted by Gasteiger charge is 2.29. The topological polar surface area (TPSA) is 74.8 Å². The smallest absolute Gasteiger partial charge is 0.266 e. The number of ether oxygens (including phenoxy) is 1. The summed E-state index contributed by atoms with van der Waals surface area (Å²) in [6.07, 6.45) is 0.887. The van der Waals surface area contributed by atoms with Crippen molar-refractivity contribution in [2.75, 3.05) is 42.9 Å². The summed E-state index contributed by atoms with van der Waals surface area (Å²) in [4.78, 5) is 7.58. The van der Waals surface area contributed by atoms with Crippen LogP contribution in [0.3, 0.4) is 0 Å². The molecule has 0 saturated carbocycles. The molecule has 1 aromatic heterocycles. The number of hydrogen-bond donors (Lipinski definition) is 1. The van der Waals surface area contributed by atoms with Gasteiger partial charge in [0.2, 0.25) is 0 Å². The third-order valence-electron chi connectivity index (χ3n) is 5.80. The predicted molar refractivity (Wildman–Crippen MR) is 134 cm³/mol. The Morgan fingerprint density at radius 3 is 2.85 bits per heavy atom. The maximum atomic E-state index is 14.9. The van der Waals surface area contributed by atoms with E-state index in [2.05, 4.69) is 14.6 Å². The molecule has 3 aromatic rings. The number of likely N-dealkylation sites (N-methyl/N-ethyl adjacent to an activating group) is 1. The minimum absolute atomic E-state index is 0.126. The second-order valence-electron chi connectivity index (χ2n) is 8.11. The van der Waals surface area contributed by atoms with Gasteiger partial charge in [0.25, 0.3) is 10.0 Å². The Bertz CT molecular complexity index is 1200. The summed E-state index contributed by atoms with van der Waals surface area (Å²) in [6.45, 7) is 3.69. The third-order valence-corrected chi connectivity index (χ3v) is 8.06. The van der Waals surface area contributed by atoms with E-state index in [1.807, 2.05) is 42.3 Å². The molecule has 0 bridgehead atoms. The van der Waals surface area contributed by atoms with Crippen molar-refractivity contribution >= 4 is 44.5 Å². The average molecular weight is 525 g/mol. The monoisotopic (exact) mass is 524 g/mol. The van der Waals surface area contributed by atoms with Crippen molar-refractivity contribution < 1.29 is 17.5 Å². The molecule has 1 aliphatic rings. The van der Waals surface area contributed by atoms with Crippen molar-refractivity contribution in [1.29, 1.82) is 0 Å². The van der Waals surface area contributed by atoms with Gasteiger partial charge in [0.1, 0.15) is 10.7 Å². The molecule has 2 heterocycles. The standard InChI is InChI=1S/C23H26ClFN4O3S2/c1-28(18-7-8-29(13-18)9-10-32-14-17-5-3-2-4-6-17)21-12-20(25)22(11-19(21)24)34(30,31)27-23-15-33-16-26-23/h2-6,11-12,15-16,18,27H,7-10,13-14H2,1H3. The number of hydrogen-bond acceptors (Lipinski definition) is 7. The molecular formula is C23H26ClFN4O3S2. The van der Waals surface area contributed by atoms with Crippen molar-refractivity contribution in [2.45, 2.75) is 24.0 Å². The van der Waals surface area contributed by atoms with Crippen LogP contribution in [-0.2, 0) is 21.4 Å². The molecule has 0 amide bonds. The average Bonchev–Trinajstić information content (AvgIpc) is 3.50. The molecule has 1 fully saturated rings. The van der Waals surface area contributed by atoms with Gasteiger partial charge in [-0.3, -0.25) is 9.62 Å². The molecule has 34 heavy (non-hydrogen) atoms. The highest BCUT2D eigenvalue weighted by atomic mass is 35.5. The first-order valence-electron chi connectivity index (χ1n) is 10.8. The molecule has 182 valence electrons. The minimum atomic E-state index is -4.15. The normalized spacial score (nSPS) is 16.6. The van der Waals surface area contributed by atoms with E-state index in [0.29, 0.717) is 18.9 Å². The van der Waals surface area contributed by atoms with Crippen LogP contribution in [-0.4, -0.2) is 57.6 Å². The van der Waals surface area contributed by atoms with Gasteiger partial charge in [0.05, 0.1) is 29.4 Å². The summed E-state index contributed by atoms with van der Waals surface area (Å²) >= 11 is 7.64. The zero-order chi connectivity index (χ0) is 24.1. The molecule has 0 aliphatic carbocycles. The Labute approximate surface area is 208 Å². The van der Waals surface area contributed by atoms with Crippen molar-refractivity contribution in [3.8, 4) is 0 Å². The van der Waals surface area contributed by atoms with Crippen LogP contribution in [0.15, 0.2) is 58.3 Å². The van der Waals surface area contributed by atoms with Gasteiger partial charge in [0, 0.05) is 44.2 Å². The minimum Gasteiger partial charge on any atom is -0.375 e. The van der Waals surface area contributed by atoms with Crippen LogP contribution in [0.5, 0.6) is 0 Å². The number of aromatic nitrogens is 1. The molecule has 1 saturated heterocycles. The summed E-state index contributed by atoms with van der Waals surface area (Å²) in [6, 6.07) is 12.5. The number of thiazole rings is 1. The van der Waals surface area contributed by atoms with E-state index in [1.165, 1.54) is 28.3 Å². The highest BCUT2D eigenvalue weighted by molar-refractivity contribution is 7.92. The quantitative estimate of drug-likeness (QED) is 0.395. The summed E-state index contributed by atoms with van der Waals surface area (Å²) in [5.74, 6) is -0.723. The van der Waals surface area contributed by atoms with E-state index >= 15 is 0 Å². The second-order valence-corrected chi connectivity index (χ2v) is 10.9. The lowest BCUT2D eigenvalue weighted by atomic mass is 10.2. The first-order chi connectivity index (χ1) is 16.3. The Balaban J connectivity index is 1.34. The number of nitrogens with zero attached hydrogens (tertiary/aromatic N) is 3. The molecule has 11 heteroatoms. The Morgan fingerprint density at radius 2 is 2.12 bits per heavy atom. The van der Waals surface area contributed by atoms with Gasteiger partial charge in [-0.25, -0.2) is 17.8 Å². The van der Waals surface area contributed by atoms with Crippen LogP contribution in [0.25, 0.3) is 0 Å². The van der Waals surface area contributed by atoms with E-state index in [-0.39, 0.29) is 16.9 Å². The molecule has 1 N–H and O–H groups in total. The van der Waals surface area contributed by atoms with Crippen LogP contribution in [0.1, 0.15) is 12.0 Å². The largest absolute Gasteiger partial charge is 0.375 e. The summed E-state index contributed by atoms with van der Waals surface area (Å²) < 4.78 is 48.1. The number of likely N-dealkylation sites (tertiary alicyclic amines) is 1. The lowest BCUT2D eigenvalue weighted by molar-refractivity contribution is 0.0989. The van der Waals surface area contributed by atoms with E-state index < -0.39 is 20.7 Å². The van der Waals surface area contributed by atoms with Crippen molar-refractivity contribution in [2.24, 2.45) is 0 Å². The van der Waals surface area contributed by atoms with Crippen LogP contribution in [0, 0.1) is 5.82 Å². The molecule has 1 aliphatic heterocycles. The lowest BCUT2D eigenvalue weighted by Gasteiger charge is -2.28. The molecular weight excluding hydrogens is 499 g/mol. The highest BCUT2D eigenvalue weighted by Crippen LogP contribution is 2.33. The number of anilines is 2. The summed E-state index contributed by atoms with van der Waals surface area (Å²) in [5, 5.41) is 1.70. The number of sulfonamides is 1. The molecule has 4 rings (SSSR count). The van der Waals surface area contributed by atoms with Crippen LogP contribution in [0.2, 0.25) is 5.02 Å². The fraction of sp³-hybridized carbons (Fsp3) is 0.348. The van der Waals surface area contributed by atoms with E-state index in [0.717, 1.165) is 37.7 Å². The Kier molecular flexibility index (Phi) is 8.05. The molecule has 2 aromatic carbocycles. The predicted octanol–water partition coefficient (Wildman–Crippen LogP) is 4.46. The molecule has 0 radical (unpaired) electrons. The van der Waals surface area contributed by atoms with Crippen molar-refractivity contribution in [3.05, 3.63) is 69.8 Å². The lowest BCUT2D eigenvalue weighted by Crippen LogP contribution is -2.35. The molecule has 7 nitrogen and oxygen atoms in total. The molecule has 0 spiro atoms. The van der Waals surface area contributed by atoms with Gasteiger partial charge in [0.15, 0.2) is 5.82 Å². The van der Waals surface area contributed by atoms with Crippen LogP contribution >= 0.6 is 22.9 Å². The zero-order valence-corrected chi connectivity index (χ0v) is 21.0. The summed E-state index contributed by atoms with van der Waals surface area (Å²) in [5.41, 5.74) is 3.09. The fourth-order valence-corrected chi connectivity index (χ4v) is 5.94. The van der Waals surface area contributed by atoms with E-state index in [4.69, 9.17) is 16.3 Å². The zero-order valence-electron chi connectivity index (χ0n) is 18.7. The maximum Gasteiger partial charge on any atom is 0.266 e. The van der Waals surface area contributed by atoms with E-state index in [1.54, 1.807) is 0 Å². The maximum absolute atomic E-state index is 14.9. The van der Waals surface area contributed by atoms with E-state index in [9.17, 15) is 12.8 Å².